The number of carbonyl (C=O) groups is 2. The third-order valence-electron chi connectivity index (χ3n) is 4.55. The Morgan fingerprint density at radius 1 is 1.22 bits per heavy atom. The number of anilines is 1. The number of halogens is 4. The van der Waals surface area contributed by atoms with Crippen LogP contribution in [0.2, 0.25) is 5.02 Å². The molecule has 2 aromatic carbocycles. The van der Waals surface area contributed by atoms with E-state index >= 15 is 0 Å². The highest BCUT2D eigenvalue weighted by Crippen LogP contribution is 2.48. The molecule has 27 heavy (non-hydrogen) atoms. The van der Waals surface area contributed by atoms with Gasteiger partial charge in [-0.1, -0.05) is 29.8 Å². The van der Waals surface area contributed by atoms with Crippen LogP contribution in [0.1, 0.15) is 26.9 Å². The summed E-state index contributed by atoms with van der Waals surface area (Å²) in [6, 6.07) is 9.19. The van der Waals surface area contributed by atoms with Gasteiger partial charge in [0.05, 0.1) is 16.3 Å². The first kappa shape index (κ1) is 18.2. The van der Waals surface area contributed by atoms with Crippen LogP contribution in [0.15, 0.2) is 42.5 Å². The predicted molar refractivity (Wildman–Crippen MR) is 96.7 cm³/mol. The molecule has 0 aromatic heterocycles. The van der Waals surface area contributed by atoms with Crippen LogP contribution in [0.3, 0.4) is 0 Å². The number of thioether (sulfide) groups is 1. The molecule has 2 aromatic rings. The minimum Gasteiger partial charge on any atom is -0.323 e. The summed E-state index contributed by atoms with van der Waals surface area (Å²) in [5.74, 6) is -0.304. The Labute approximate surface area is 161 Å². The molecule has 0 unspecified atom stereocenters. The molecule has 0 spiro atoms. The van der Waals surface area contributed by atoms with Gasteiger partial charge in [-0.25, -0.2) is 0 Å². The fraction of sp³-hybridized carbons (Fsp3) is 0.222. The van der Waals surface area contributed by atoms with Crippen LogP contribution < -0.4 is 5.32 Å². The highest BCUT2D eigenvalue weighted by atomic mass is 35.5. The van der Waals surface area contributed by atoms with Gasteiger partial charge in [-0.3, -0.25) is 9.59 Å². The van der Waals surface area contributed by atoms with Crippen molar-refractivity contribution in [2.24, 2.45) is 0 Å². The molecule has 1 N–H and O–H groups in total. The van der Waals surface area contributed by atoms with E-state index in [-0.39, 0.29) is 22.0 Å². The van der Waals surface area contributed by atoms with Crippen LogP contribution in [-0.2, 0) is 11.0 Å². The van der Waals surface area contributed by atoms with Crippen LogP contribution in [0, 0.1) is 0 Å². The van der Waals surface area contributed by atoms with Crippen LogP contribution in [0.25, 0.3) is 0 Å². The number of hydrogen-bond donors (Lipinski definition) is 1. The van der Waals surface area contributed by atoms with E-state index in [1.807, 2.05) is 12.1 Å². The van der Waals surface area contributed by atoms with Crippen LogP contribution in [0.4, 0.5) is 18.9 Å². The Balaban J connectivity index is 1.55. The fourth-order valence-corrected chi connectivity index (χ4v) is 4.94. The maximum absolute atomic E-state index is 12.7. The van der Waals surface area contributed by atoms with Crippen molar-refractivity contribution >= 4 is 40.9 Å². The van der Waals surface area contributed by atoms with Gasteiger partial charge in [0.1, 0.15) is 11.4 Å². The van der Waals surface area contributed by atoms with E-state index < -0.39 is 23.7 Å². The standard InChI is InChI=1S/C18H12ClF3N2O2S/c19-12-7-9(18(20,21)22)5-6-13(12)23-15(25)14-8-27-17-11-4-2-1-3-10(11)16(26)24(14)17/h1-7,14,17H,8H2,(H,23,25)/t14-,17+/m0/s1. The van der Waals surface area contributed by atoms with Crippen molar-refractivity contribution in [3.8, 4) is 0 Å². The quantitative estimate of drug-likeness (QED) is 0.786. The molecular formula is C18H12ClF3N2O2S. The Morgan fingerprint density at radius 3 is 2.67 bits per heavy atom. The second-order valence-electron chi connectivity index (χ2n) is 6.18. The van der Waals surface area contributed by atoms with Gasteiger partial charge in [0, 0.05) is 11.3 Å². The van der Waals surface area contributed by atoms with Gasteiger partial charge in [-0.05, 0) is 29.8 Å². The van der Waals surface area contributed by atoms with Gasteiger partial charge in [-0.15, -0.1) is 11.8 Å². The summed E-state index contributed by atoms with van der Waals surface area (Å²) >= 11 is 7.38. The molecule has 1 saturated heterocycles. The summed E-state index contributed by atoms with van der Waals surface area (Å²) in [5.41, 5.74) is 0.620. The lowest BCUT2D eigenvalue weighted by molar-refractivity contribution is -0.137. The predicted octanol–water partition coefficient (Wildman–Crippen LogP) is 4.57. The molecule has 4 nitrogen and oxygen atoms in total. The number of nitrogens with zero attached hydrogens (tertiary/aromatic N) is 1. The summed E-state index contributed by atoms with van der Waals surface area (Å²) in [7, 11) is 0. The van der Waals surface area contributed by atoms with Gasteiger partial charge in [-0.2, -0.15) is 13.2 Å². The van der Waals surface area contributed by atoms with Crippen molar-refractivity contribution < 1.29 is 22.8 Å². The maximum Gasteiger partial charge on any atom is 0.416 e. The second-order valence-corrected chi connectivity index (χ2v) is 7.70. The molecule has 2 amide bonds. The Bertz CT molecular complexity index is 950. The van der Waals surface area contributed by atoms with Gasteiger partial charge >= 0.3 is 6.18 Å². The van der Waals surface area contributed by atoms with Gasteiger partial charge in [0.25, 0.3) is 5.91 Å². The maximum atomic E-state index is 12.7. The molecule has 4 rings (SSSR count). The number of fused-ring (bicyclic) bond motifs is 3. The third-order valence-corrected chi connectivity index (χ3v) is 6.17. The van der Waals surface area contributed by atoms with Crippen molar-refractivity contribution in [1.82, 2.24) is 4.90 Å². The van der Waals surface area contributed by atoms with E-state index in [0.717, 1.165) is 23.8 Å². The lowest BCUT2D eigenvalue weighted by Gasteiger charge is -2.23. The summed E-state index contributed by atoms with van der Waals surface area (Å²) in [6.45, 7) is 0. The van der Waals surface area contributed by atoms with Gasteiger partial charge in [0.2, 0.25) is 5.91 Å². The van der Waals surface area contributed by atoms with Crippen molar-refractivity contribution in [2.75, 3.05) is 11.1 Å². The molecule has 140 valence electrons. The van der Waals surface area contributed by atoms with E-state index in [0.29, 0.717) is 11.3 Å². The average molecular weight is 413 g/mol. The van der Waals surface area contributed by atoms with E-state index in [9.17, 15) is 22.8 Å². The van der Waals surface area contributed by atoms with Crippen LogP contribution in [0.5, 0.6) is 0 Å². The van der Waals surface area contributed by atoms with Crippen molar-refractivity contribution in [3.05, 3.63) is 64.2 Å². The molecule has 0 bridgehead atoms. The molecule has 2 aliphatic heterocycles. The molecule has 9 heteroatoms. The largest absolute Gasteiger partial charge is 0.416 e. The summed E-state index contributed by atoms with van der Waals surface area (Å²) in [4.78, 5) is 26.9. The van der Waals surface area contributed by atoms with E-state index in [2.05, 4.69) is 5.32 Å². The first-order valence-electron chi connectivity index (χ1n) is 7.98. The summed E-state index contributed by atoms with van der Waals surface area (Å²) in [5, 5.41) is 2.10. The Morgan fingerprint density at radius 2 is 1.96 bits per heavy atom. The number of hydrogen-bond acceptors (Lipinski definition) is 3. The topological polar surface area (TPSA) is 49.4 Å². The van der Waals surface area contributed by atoms with Crippen molar-refractivity contribution in [1.29, 1.82) is 0 Å². The number of amides is 2. The Kier molecular flexibility index (Phi) is 4.35. The first-order chi connectivity index (χ1) is 12.8. The molecule has 2 atom stereocenters. The zero-order chi connectivity index (χ0) is 19.3. The lowest BCUT2D eigenvalue weighted by atomic mass is 10.1. The van der Waals surface area contributed by atoms with E-state index in [1.165, 1.54) is 16.7 Å². The molecule has 2 heterocycles. The monoisotopic (exact) mass is 412 g/mol. The molecule has 0 radical (unpaired) electrons. The lowest BCUT2D eigenvalue weighted by Crippen LogP contribution is -2.42. The molecule has 2 aliphatic rings. The summed E-state index contributed by atoms with van der Waals surface area (Å²) < 4.78 is 38.2. The van der Waals surface area contributed by atoms with Crippen molar-refractivity contribution in [3.63, 3.8) is 0 Å². The fourth-order valence-electron chi connectivity index (χ4n) is 3.25. The SMILES string of the molecule is O=C(Nc1ccc(C(F)(F)F)cc1Cl)[C@@H]1CS[C@@H]2c3ccccc3C(=O)N21. The van der Waals surface area contributed by atoms with Gasteiger partial charge in [0.15, 0.2) is 0 Å². The Hall–Kier alpha value is -2.19. The minimum atomic E-state index is -4.52. The number of alkyl halides is 3. The number of benzene rings is 2. The molecule has 0 saturated carbocycles. The normalized spacial score (nSPS) is 21.2. The van der Waals surface area contributed by atoms with E-state index in [1.54, 1.807) is 12.1 Å². The zero-order valence-electron chi connectivity index (χ0n) is 13.6. The highest BCUT2D eigenvalue weighted by Gasteiger charge is 2.48. The molecule has 1 fully saturated rings. The smallest absolute Gasteiger partial charge is 0.323 e. The third kappa shape index (κ3) is 3.06. The second kappa shape index (κ2) is 6.45. The van der Waals surface area contributed by atoms with E-state index in [4.69, 9.17) is 11.6 Å². The first-order valence-corrected chi connectivity index (χ1v) is 9.41. The number of carbonyl (C=O) groups excluding carboxylic acids is 2. The zero-order valence-corrected chi connectivity index (χ0v) is 15.2. The molecular weight excluding hydrogens is 401 g/mol. The average Bonchev–Trinajstić information content (AvgIpc) is 3.17. The molecule has 0 aliphatic carbocycles. The van der Waals surface area contributed by atoms with Crippen molar-refractivity contribution in [2.45, 2.75) is 17.6 Å². The highest BCUT2D eigenvalue weighted by molar-refractivity contribution is 7.99. The number of rotatable bonds is 2. The number of nitrogens with one attached hydrogen (secondary N) is 1. The van der Waals surface area contributed by atoms with Gasteiger partial charge < -0.3 is 10.2 Å². The van der Waals surface area contributed by atoms with Crippen LogP contribution in [-0.4, -0.2) is 28.5 Å². The minimum absolute atomic E-state index is 0.0762. The summed E-state index contributed by atoms with van der Waals surface area (Å²) in [6.07, 6.45) is -4.52. The van der Waals surface area contributed by atoms with Crippen LogP contribution >= 0.6 is 23.4 Å².